The maximum absolute atomic E-state index is 5.66. The van der Waals surface area contributed by atoms with Crippen LogP contribution in [0.2, 0.25) is 0 Å². The Kier molecular flexibility index (Phi) is 5.64. The lowest BCUT2D eigenvalue weighted by Crippen LogP contribution is -2.28. The maximum Gasteiger partial charge on any atom is 0.121 e. The van der Waals surface area contributed by atoms with Crippen molar-refractivity contribution in [3.8, 4) is 0 Å². The molecule has 8 heteroatoms. The fraction of sp³-hybridized carbons (Fsp3) is 0.348. The second kappa shape index (κ2) is 8.87. The van der Waals surface area contributed by atoms with E-state index in [2.05, 4.69) is 43.4 Å². The number of anilines is 1. The zero-order chi connectivity index (χ0) is 21.0. The van der Waals surface area contributed by atoms with Gasteiger partial charge in [-0.3, -0.25) is 20.2 Å². The number of benzene rings is 1. The van der Waals surface area contributed by atoms with Crippen molar-refractivity contribution in [2.45, 2.75) is 38.3 Å². The topological polar surface area (TPSA) is 94.7 Å². The summed E-state index contributed by atoms with van der Waals surface area (Å²) in [7, 11) is 2.15. The molecule has 3 N–H and O–H groups in total. The molecule has 0 aliphatic heterocycles. The van der Waals surface area contributed by atoms with Crippen molar-refractivity contribution < 1.29 is 4.84 Å². The second-order valence-electron chi connectivity index (χ2n) is 8.03. The van der Waals surface area contributed by atoms with E-state index in [-0.39, 0.29) is 0 Å². The lowest BCUT2D eigenvalue weighted by Gasteiger charge is -2.31. The van der Waals surface area contributed by atoms with Gasteiger partial charge in [0, 0.05) is 24.5 Å². The van der Waals surface area contributed by atoms with Gasteiger partial charge in [-0.05, 0) is 50.1 Å². The first-order chi connectivity index (χ1) is 15.3. The van der Waals surface area contributed by atoms with Gasteiger partial charge >= 0.3 is 0 Å². The number of aryl methyl sites for hydroxylation is 1. The van der Waals surface area contributed by atoms with Crippen LogP contribution in [0.4, 0.5) is 5.69 Å². The summed E-state index contributed by atoms with van der Waals surface area (Å²) in [4.78, 5) is 28.1. The molecule has 0 saturated carbocycles. The Bertz CT molecular complexity index is 1140. The lowest BCUT2D eigenvalue weighted by molar-refractivity contribution is 0.197. The first-order valence-corrected chi connectivity index (χ1v) is 10.7. The summed E-state index contributed by atoms with van der Waals surface area (Å²) in [6.45, 7) is 1.27. The molecule has 0 amide bonds. The average Bonchev–Trinajstić information content (AvgIpc) is 3.46. The number of pyridine rings is 1. The monoisotopic (exact) mass is 417 g/mol. The van der Waals surface area contributed by atoms with E-state index in [1.54, 1.807) is 12.5 Å². The highest BCUT2D eigenvalue weighted by Crippen LogP contribution is 2.32. The molecule has 1 aliphatic rings. The molecule has 8 nitrogen and oxygen atoms in total. The van der Waals surface area contributed by atoms with E-state index in [9.17, 15) is 0 Å². The number of para-hydroxylation sites is 1. The summed E-state index contributed by atoms with van der Waals surface area (Å²) in [6, 6.07) is 10.6. The summed E-state index contributed by atoms with van der Waals surface area (Å²) in [5.74, 6) is 0.937. The fourth-order valence-electron chi connectivity index (χ4n) is 4.31. The molecule has 160 valence electrons. The highest BCUT2D eigenvalue weighted by molar-refractivity contribution is 5.87. The minimum atomic E-state index is 0.321. The first kappa shape index (κ1) is 19.7. The molecule has 1 atom stereocenters. The predicted molar refractivity (Wildman–Crippen MR) is 119 cm³/mol. The largest absolute Gasteiger partial charge is 0.348 e. The smallest absolute Gasteiger partial charge is 0.121 e. The molecule has 31 heavy (non-hydrogen) atoms. The van der Waals surface area contributed by atoms with Crippen molar-refractivity contribution in [3.63, 3.8) is 0 Å². The van der Waals surface area contributed by atoms with Gasteiger partial charge in [-0.2, -0.15) is 0 Å². The normalized spacial score (nSPS) is 16.0. The van der Waals surface area contributed by atoms with Gasteiger partial charge in [0.2, 0.25) is 0 Å². The summed E-state index contributed by atoms with van der Waals surface area (Å²) in [6.07, 6.45) is 9.57. The Balaban J connectivity index is 1.26. The van der Waals surface area contributed by atoms with Crippen LogP contribution in [0.15, 0.2) is 49.1 Å². The van der Waals surface area contributed by atoms with E-state index in [0.717, 1.165) is 54.0 Å². The maximum atomic E-state index is 5.66. The van der Waals surface area contributed by atoms with E-state index in [0.29, 0.717) is 12.6 Å². The molecule has 1 aromatic carbocycles. The molecule has 1 aliphatic carbocycles. The van der Waals surface area contributed by atoms with Crippen molar-refractivity contribution in [1.29, 1.82) is 0 Å². The van der Waals surface area contributed by atoms with Crippen molar-refractivity contribution in [1.82, 2.24) is 29.8 Å². The molecule has 3 heterocycles. The zero-order valence-electron chi connectivity index (χ0n) is 17.6. The predicted octanol–water partition coefficient (Wildman–Crippen LogP) is 3.78. The standard InChI is InChI=1S/C23H27N7O/c1-30(20-9-2-5-16-6-4-11-25-22(16)20)14-21-27-18-7-3-8-19(23(18)28-21)29-31-12-10-17-13-24-15-26-17/h3-4,6-8,11,13,15,20,29H,2,5,9-10,12,14H2,1H3,(H,24,26)(H,27,28). The Labute approximate surface area is 181 Å². The molecule has 5 rings (SSSR count). The number of hydrogen-bond donors (Lipinski definition) is 3. The van der Waals surface area contributed by atoms with Gasteiger partial charge in [-0.15, -0.1) is 0 Å². The number of H-pyrrole nitrogens is 2. The first-order valence-electron chi connectivity index (χ1n) is 10.7. The van der Waals surface area contributed by atoms with Gasteiger partial charge in [-0.1, -0.05) is 12.1 Å². The number of aromatic amines is 2. The van der Waals surface area contributed by atoms with Gasteiger partial charge in [0.15, 0.2) is 0 Å². The highest BCUT2D eigenvalue weighted by atomic mass is 16.6. The molecule has 0 fully saturated rings. The Morgan fingerprint density at radius 3 is 3.13 bits per heavy atom. The van der Waals surface area contributed by atoms with E-state index in [1.165, 1.54) is 17.7 Å². The Morgan fingerprint density at radius 2 is 2.23 bits per heavy atom. The molecule has 0 spiro atoms. The molecule has 3 aromatic heterocycles. The average molecular weight is 418 g/mol. The van der Waals surface area contributed by atoms with Crippen molar-refractivity contribution in [2.75, 3.05) is 19.1 Å². The molecular weight excluding hydrogens is 390 g/mol. The van der Waals surface area contributed by atoms with Gasteiger partial charge < -0.3 is 9.97 Å². The van der Waals surface area contributed by atoms with Gasteiger partial charge in [0.1, 0.15) is 11.3 Å². The molecule has 4 aromatic rings. The quantitative estimate of drug-likeness (QED) is 0.298. The van der Waals surface area contributed by atoms with Gasteiger partial charge in [0.05, 0.1) is 42.4 Å². The van der Waals surface area contributed by atoms with Crippen LogP contribution in [0, 0.1) is 0 Å². The second-order valence-corrected chi connectivity index (χ2v) is 8.03. The fourth-order valence-corrected chi connectivity index (χ4v) is 4.31. The van der Waals surface area contributed by atoms with Gasteiger partial charge in [-0.25, -0.2) is 9.97 Å². The minimum Gasteiger partial charge on any atom is -0.348 e. The van der Waals surface area contributed by atoms with Crippen LogP contribution in [0.3, 0.4) is 0 Å². The summed E-state index contributed by atoms with van der Waals surface area (Å²) >= 11 is 0. The van der Waals surface area contributed by atoms with E-state index >= 15 is 0 Å². The molecule has 0 saturated heterocycles. The number of nitrogens with zero attached hydrogens (tertiary/aromatic N) is 4. The van der Waals surface area contributed by atoms with Crippen molar-refractivity contribution in [3.05, 3.63) is 71.8 Å². The van der Waals surface area contributed by atoms with Crippen LogP contribution in [-0.2, 0) is 24.2 Å². The van der Waals surface area contributed by atoms with Crippen LogP contribution >= 0.6 is 0 Å². The number of aromatic nitrogens is 5. The van der Waals surface area contributed by atoms with Crippen LogP contribution < -0.4 is 5.48 Å². The van der Waals surface area contributed by atoms with E-state index < -0.39 is 0 Å². The summed E-state index contributed by atoms with van der Waals surface area (Å²) in [5, 5.41) is 0. The van der Waals surface area contributed by atoms with Crippen LogP contribution in [0.1, 0.15) is 41.7 Å². The minimum absolute atomic E-state index is 0.321. The van der Waals surface area contributed by atoms with Crippen molar-refractivity contribution in [2.24, 2.45) is 0 Å². The SMILES string of the molecule is CN(Cc1nc2c(NOCCc3cnc[nH]3)cccc2[nH]1)C1CCCc2cccnc21. The molecule has 0 bridgehead atoms. The highest BCUT2D eigenvalue weighted by Gasteiger charge is 2.25. The zero-order valence-corrected chi connectivity index (χ0v) is 17.6. The lowest BCUT2D eigenvalue weighted by atomic mass is 9.91. The summed E-state index contributed by atoms with van der Waals surface area (Å²) < 4.78 is 0. The third-order valence-corrected chi connectivity index (χ3v) is 5.87. The number of hydrogen-bond acceptors (Lipinski definition) is 6. The van der Waals surface area contributed by atoms with Gasteiger partial charge in [0.25, 0.3) is 0 Å². The Hall–Kier alpha value is -3.23. The number of rotatable bonds is 8. The number of imidazole rings is 2. The molecular formula is C23H27N7O. The molecule has 1 unspecified atom stereocenters. The van der Waals surface area contributed by atoms with Crippen LogP contribution in [0.5, 0.6) is 0 Å². The van der Waals surface area contributed by atoms with Crippen LogP contribution in [0.25, 0.3) is 11.0 Å². The van der Waals surface area contributed by atoms with E-state index in [1.807, 2.05) is 30.5 Å². The Morgan fingerprint density at radius 1 is 1.26 bits per heavy atom. The molecule has 0 radical (unpaired) electrons. The third kappa shape index (κ3) is 4.30. The third-order valence-electron chi connectivity index (χ3n) is 5.87. The van der Waals surface area contributed by atoms with E-state index in [4.69, 9.17) is 9.82 Å². The number of fused-ring (bicyclic) bond motifs is 2. The van der Waals surface area contributed by atoms with Crippen molar-refractivity contribution >= 4 is 16.7 Å². The van der Waals surface area contributed by atoms with Crippen LogP contribution in [-0.4, -0.2) is 43.5 Å². The number of nitrogens with one attached hydrogen (secondary N) is 3. The summed E-state index contributed by atoms with van der Waals surface area (Å²) in [5.41, 5.74) is 9.41.